The van der Waals surface area contributed by atoms with Gasteiger partial charge in [-0.15, -0.1) is 0 Å². The molecule has 0 aliphatic carbocycles. The standard InChI is InChI=1S/C8H18O3S/c1-5-7-8(3,6-2)11-12(4,9)10/h5-7H2,1-4H3. The Kier molecular flexibility index (Phi) is 4.20. The molecule has 0 N–H and O–H groups in total. The summed E-state index contributed by atoms with van der Waals surface area (Å²) in [6.07, 6.45) is 3.51. The van der Waals surface area contributed by atoms with E-state index < -0.39 is 15.7 Å². The first-order valence-corrected chi connectivity index (χ1v) is 6.05. The summed E-state index contributed by atoms with van der Waals surface area (Å²) < 4.78 is 26.7. The maximum atomic E-state index is 10.9. The average molecular weight is 194 g/mol. The largest absolute Gasteiger partial charge is 0.264 e. The SMILES string of the molecule is CCCC(C)(CC)OS(C)(=O)=O. The molecule has 0 aromatic carbocycles. The minimum atomic E-state index is -3.32. The van der Waals surface area contributed by atoms with Crippen molar-refractivity contribution in [2.75, 3.05) is 6.26 Å². The third-order valence-corrected chi connectivity index (χ3v) is 2.58. The van der Waals surface area contributed by atoms with E-state index in [2.05, 4.69) is 0 Å². The van der Waals surface area contributed by atoms with Crippen molar-refractivity contribution >= 4 is 10.1 Å². The Labute approximate surface area is 75.2 Å². The lowest BCUT2D eigenvalue weighted by molar-refractivity contribution is 0.0833. The molecule has 0 aliphatic rings. The van der Waals surface area contributed by atoms with E-state index in [0.717, 1.165) is 19.1 Å². The van der Waals surface area contributed by atoms with Crippen molar-refractivity contribution < 1.29 is 12.6 Å². The van der Waals surface area contributed by atoms with Crippen molar-refractivity contribution in [3.8, 4) is 0 Å². The fourth-order valence-electron chi connectivity index (χ4n) is 1.17. The molecule has 0 aromatic heterocycles. The van der Waals surface area contributed by atoms with Crippen LogP contribution in [0.3, 0.4) is 0 Å². The molecule has 1 unspecified atom stereocenters. The smallest absolute Gasteiger partial charge is 0.264 e. The van der Waals surface area contributed by atoms with E-state index in [9.17, 15) is 8.42 Å². The highest BCUT2D eigenvalue weighted by atomic mass is 32.2. The van der Waals surface area contributed by atoms with Crippen molar-refractivity contribution in [1.29, 1.82) is 0 Å². The van der Waals surface area contributed by atoms with Crippen molar-refractivity contribution in [3.05, 3.63) is 0 Å². The predicted molar refractivity (Wildman–Crippen MR) is 49.5 cm³/mol. The Morgan fingerprint density at radius 2 is 1.83 bits per heavy atom. The van der Waals surface area contributed by atoms with Crippen LogP contribution in [0.2, 0.25) is 0 Å². The van der Waals surface area contributed by atoms with Gasteiger partial charge in [-0.3, -0.25) is 4.18 Å². The van der Waals surface area contributed by atoms with Crippen molar-refractivity contribution in [1.82, 2.24) is 0 Å². The van der Waals surface area contributed by atoms with Gasteiger partial charge in [-0.25, -0.2) is 0 Å². The highest BCUT2D eigenvalue weighted by Crippen LogP contribution is 2.23. The van der Waals surface area contributed by atoms with E-state index >= 15 is 0 Å². The van der Waals surface area contributed by atoms with Gasteiger partial charge in [-0.1, -0.05) is 20.3 Å². The normalized spacial score (nSPS) is 17.3. The van der Waals surface area contributed by atoms with Gasteiger partial charge in [0.2, 0.25) is 0 Å². The Balaban J connectivity index is 4.34. The molecule has 0 rings (SSSR count). The van der Waals surface area contributed by atoms with Gasteiger partial charge < -0.3 is 0 Å². The highest BCUT2D eigenvalue weighted by Gasteiger charge is 2.26. The second kappa shape index (κ2) is 4.23. The van der Waals surface area contributed by atoms with Gasteiger partial charge in [0.1, 0.15) is 0 Å². The summed E-state index contributed by atoms with van der Waals surface area (Å²) in [6.45, 7) is 5.78. The van der Waals surface area contributed by atoms with Gasteiger partial charge in [0.25, 0.3) is 10.1 Å². The predicted octanol–water partition coefficient (Wildman–Crippen LogP) is 1.93. The molecule has 0 aromatic rings. The summed E-state index contributed by atoms with van der Waals surface area (Å²) in [4.78, 5) is 0. The van der Waals surface area contributed by atoms with Gasteiger partial charge in [0.15, 0.2) is 0 Å². The van der Waals surface area contributed by atoms with E-state index in [1.54, 1.807) is 0 Å². The van der Waals surface area contributed by atoms with Gasteiger partial charge >= 0.3 is 0 Å². The summed E-state index contributed by atoms with van der Waals surface area (Å²) in [7, 11) is -3.32. The van der Waals surface area contributed by atoms with Crippen LogP contribution in [0.5, 0.6) is 0 Å². The molecule has 0 fully saturated rings. The minimum Gasteiger partial charge on any atom is -0.264 e. The van der Waals surface area contributed by atoms with Gasteiger partial charge in [-0.2, -0.15) is 8.42 Å². The van der Waals surface area contributed by atoms with Crippen LogP contribution < -0.4 is 0 Å². The van der Waals surface area contributed by atoms with Gasteiger partial charge in [-0.05, 0) is 19.8 Å². The van der Waals surface area contributed by atoms with E-state index in [1.807, 2.05) is 20.8 Å². The molecule has 12 heavy (non-hydrogen) atoms. The lowest BCUT2D eigenvalue weighted by Crippen LogP contribution is -2.30. The van der Waals surface area contributed by atoms with Crippen LogP contribution in [0, 0.1) is 0 Å². The summed E-state index contributed by atoms with van der Waals surface area (Å²) in [5.74, 6) is 0. The van der Waals surface area contributed by atoms with Crippen LogP contribution >= 0.6 is 0 Å². The Morgan fingerprint density at radius 1 is 1.33 bits per heavy atom. The fourth-order valence-corrected chi connectivity index (χ4v) is 2.10. The summed E-state index contributed by atoms with van der Waals surface area (Å²) >= 11 is 0. The van der Waals surface area contributed by atoms with E-state index in [-0.39, 0.29) is 0 Å². The fraction of sp³-hybridized carbons (Fsp3) is 1.00. The first-order chi connectivity index (χ1) is 5.33. The molecule has 0 heterocycles. The van der Waals surface area contributed by atoms with Crippen LogP contribution in [-0.4, -0.2) is 20.3 Å². The molecule has 4 heteroatoms. The van der Waals surface area contributed by atoms with Crippen LogP contribution in [-0.2, 0) is 14.3 Å². The van der Waals surface area contributed by atoms with Crippen molar-refractivity contribution in [2.24, 2.45) is 0 Å². The van der Waals surface area contributed by atoms with Crippen LogP contribution in [0.4, 0.5) is 0 Å². The number of rotatable bonds is 5. The molecule has 0 bridgehead atoms. The molecular formula is C8H18O3S. The summed E-state index contributed by atoms with van der Waals surface area (Å²) in [6, 6.07) is 0. The molecule has 0 saturated heterocycles. The van der Waals surface area contributed by atoms with Crippen LogP contribution in [0.15, 0.2) is 0 Å². The number of hydrogen-bond donors (Lipinski definition) is 0. The van der Waals surface area contributed by atoms with Crippen molar-refractivity contribution in [2.45, 2.75) is 45.6 Å². The van der Waals surface area contributed by atoms with E-state index in [4.69, 9.17) is 4.18 Å². The lowest BCUT2D eigenvalue weighted by atomic mass is 9.98. The maximum Gasteiger partial charge on any atom is 0.264 e. The summed E-state index contributed by atoms with van der Waals surface area (Å²) in [5.41, 5.74) is -0.512. The highest BCUT2D eigenvalue weighted by molar-refractivity contribution is 7.86. The van der Waals surface area contributed by atoms with Crippen molar-refractivity contribution in [3.63, 3.8) is 0 Å². The second-order valence-electron chi connectivity index (χ2n) is 3.34. The quantitative estimate of drug-likeness (QED) is 0.628. The first-order valence-electron chi connectivity index (χ1n) is 4.23. The molecule has 3 nitrogen and oxygen atoms in total. The Morgan fingerprint density at radius 3 is 2.08 bits per heavy atom. The van der Waals surface area contributed by atoms with E-state index in [1.165, 1.54) is 0 Å². The zero-order valence-electron chi connectivity index (χ0n) is 8.25. The molecule has 74 valence electrons. The number of hydrogen-bond acceptors (Lipinski definition) is 3. The molecule has 1 atom stereocenters. The van der Waals surface area contributed by atoms with Gasteiger partial charge in [0, 0.05) is 0 Å². The van der Waals surface area contributed by atoms with Crippen LogP contribution in [0.1, 0.15) is 40.0 Å². The second-order valence-corrected chi connectivity index (χ2v) is 4.92. The summed E-state index contributed by atoms with van der Waals surface area (Å²) in [5, 5.41) is 0. The Hall–Kier alpha value is -0.0900. The molecule has 0 radical (unpaired) electrons. The Bertz CT molecular complexity index is 220. The zero-order chi connectivity index (χ0) is 9.83. The lowest BCUT2D eigenvalue weighted by Gasteiger charge is -2.26. The molecule has 0 amide bonds. The van der Waals surface area contributed by atoms with Crippen LogP contribution in [0.25, 0.3) is 0 Å². The molecule has 0 saturated carbocycles. The molecular weight excluding hydrogens is 176 g/mol. The molecule has 0 aliphatic heterocycles. The van der Waals surface area contributed by atoms with E-state index in [0.29, 0.717) is 6.42 Å². The third kappa shape index (κ3) is 4.72. The maximum absolute atomic E-state index is 10.9. The monoisotopic (exact) mass is 194 g/mol. The third-order valence-electron chi connectivity index (χ3n) is 1.88. The first kappa shape index (κ1) is 11.9. The molecule has 0 spiro atoms. The minimum absolute atomic E-state index is 0.512. The van der Waals surface area contributed by atoms with Gasteiger partial charge in [0.05, 0.1) is 11.9 Å². The topological polar surface area (TPSA) is 43.4 Å². The zero-order valence-corrected chi connectivity index (χ0v) is 9.07. The average Bonchev–Trinajstić information content (AvgIpc) is 1.84.